The van der Waals surface area contributed by atoms with Crippen LogP contribution in [0, 0.1) is 6.92 Å². The lowest BCUT2D eigenvalue weighted by molar-refractivity contribution is 0.122. The van der Waals surface area contributed by atoms with E-state index in [1.165, 1.54) is 11.1 Å². The molecule has 0 saturated carbocycles. The van der Waals surface area contributed by atoms with E-state index in [2.05, 4.69) is 68.8 Å². The molecule has 1 atom stereocenters. The molecule has 1 aliphatic heterocycles. The lowest BCUT2D eigenvalue weighted by Gasteiger charge is -2.28. The van der Waals surface area contributed by atoms with Crippen molar-refractivity contribution >= 4 is 17.7 Å². The molecular weight excluding hydrogens is 358 g/mol. The molecule has 0 N–H and O–H groups in total. The van der Waals surface area contributed by atoms with E-state index in [0.717, 1.165) is 43.1 Å². The van der Waals surface area contributed by atoms with E-state index in [1.807, 2.05) is 12.3 Å². The van der Waals surface area contributed by atoms with E-state index in [-0.39, 0.29) is 5.25 Å². The molecule has 1 fully saturated rings. The number of nitrogens with zero attached hydrogens (tertiary/aromatic N) is 5. The molecule has 1 unspecified atom stereocenters. The third-order valence-corrected chi connectivity index (χ3v) is 5.71. The number of pyridine rings is 1. The van der Waals surface area contributed by atoms with Crippen LogP contribution in [0.15, 0.2) is 53.9 Å². The van der Waals surface area contributed by atoms with Crippen molar-refractivity contribution in [2.75, 3.05) is 31.2 Å². The molecule has 7 heteroatoms. The summed E-state index contributed by atoms with van der Waals surface area (Å²) in [5.74, 6) is 0.879. The van der Waals surface area contributed by atoms with Gasteiger partial charge in [-0.25, -0.2) is 0 Å². The van der Waals surface area contributed by atoms with Crippen LogP contribution in [0.1, 0.15) is 23.3 Å². The summed E-state index contributed by atoms with van der Waals surface area (Å²) in [6.07, 6.45) is 3.71. The zero-order valence-corrected chi connectivity index (χ0v) is 16.4. The molecule has 0 spiro atoms. The van der Waals surface area contributed by atoms with Crippen LogP contribution in [-0.2, 0) is 4.74 Å². The van der Waals surface area contributed by atoms with Crippen molar-refractivity contribution in [2.45, 2.75) is 24.3 Å². The number of aromatic nitrogens is 4. The molecule has 0 amide bonds. The second kappa shape index (κ2) is 8.10. The van der Waals surface area contributed by atoms with Gasteiger partial charge in [0.05, 0.1) is 18.9 Å². The Balaban J connectivity index is 1.71. The zero-order valence-electron chi connectivity index (χ0n) is 15.6. The number of hydrogen-bond acceptors (Lipinski definition) is 6. The number of morpholine rings is 1. The van der Waals surface area contributed by atoms with E-state index in [9.17, 15) is 0 Å². The van der Waals surface area contributed by atoms with Gasteiger partial charge in [-0.1, -0.05) is 30.0 Å². The molecule has 3 aromatic rings. The van der Waals surface area contributed by atoms with Crippen molar-refractivity contribution in [2.24, 2.45) is 0 Å². The lowest BCUT2D eigenvalue weighted by atomic mass is 10.2. The Morgan fingerprint density at radius 1 is 1.11 bits per heavy atom. The van der Waals surface area contributed by atoms with Gasteiger partial charge in [-0.3, -0.25) is 9.55 Å². The number of aryl methyl sites for hydroxylation is 1. The van der Waals surface area contributed by atoms with Crippen molar-refractivity contribution in [3.05, 3.63) is 59.9 Å². The van der Waals surface area contributed by atoms with Crippen LogP contribution >= 0.6 is 11.8 Å². The van der Waals surface area contributed by atoms with Gasteiger partial charge in [0, 0.05) is 30.7 Å². The van der Waals surface area contributed by atoms with Crippen LogP contribution in [-0.4, -0.2) is 46.1 Å². The van der Waals surface area contributed by atoms with Gasteiger partial charge in [-0.15, -0.1) is 10.2 Å². The van der Waals surface area contributed by atoms with E-state index in [0.29, 0.717) is 0 Å². The maximum Gasteiger partial charge on any atom is 0.232 e. The normalized spacial score (nSPS) is 15.7. The first-order chi connectivity index (χ1) is 13.2. The molecule has 0 bridgehead atoms. The molecule has 1 saturated heterocycles. The highest BCUT2D eigenvalue weighted by molar-refractivity contribution is 7.99. The van der Waals surface area contributed by atoms with Gasteiger partial charge >= 0.3 is 0 Å². The molecule has 1 aromatic carbocycles. The standard InChI is InChI=1S/C20H23N5OS/c1-15-5-3-7-18(13-15)25-19(24-9-11-26-12-10-24)22-23-20(25)27-16(2)17-6-4-8-21-14-17/h3-8,13-14,16H,9-12H2,1-2H3. The van der Waals surface area contributed by atoms with Crippen LogP contribution in [0.3, 0.4) is 0 Å². The van der Waals surface area contributed by atoms with E-state index < -0.39 is 0 Å². The van der Waals surface area contributed by atoms with Crippen molar-refractivity contribution in [1.82, 2.24) is 19.7 Å². The van der Waals surface area contributed by atoms with Crippen molar-refractivity contribution in [1.29, 1.82) is 0 Å². The van der Waals surface area contributed by atoms with E-state index in [1.54, 1.807) is 18.0 Å². The molecule has 1 aliphatic rings. The number of anilines is 1. The summed E-state index contributed by atoms with van der Waals surface area (Å²) in [4.78, 5) is 6.49. The van der Waals surface area contributed by atoms with Crippen molar-refractivity contribution < 1.29 is 4.74 Å². The Hall–Kier alpha value is -2.38. The summed E-state index contributed by atoms with van der Waals surface area (Å²) in [5.41, 5.74) is 3.47. The van der Waals surface area contributed by atoms with Crippen LogP contribution in [0.25, 0.3) is 5.69 Å². The predicted molar refractivity (Wildman–Crippen MR) is 108 cm³/mol. The summed E-state index contributed by atoms with van der Waals surface area (Å²) < 4.78 is 7.67. The lowest BCUT2D eigenvalue weighted by Crippen LogP contribution is -2.37. The maximum absolute atomic E-state index is 5.50. The van der Waals surface area contributed by atoms with Crippen molar-refractivity contribution in [3.8, 4) is 5.69 Å². The number of benzene rings is 1. The van der Waals surface area contributed by atoms with Gasteiger partial charge in [-0.05, 0) is 43.2 Å². The summed E-state index contributed by atoms with van der Waals surface area (Å²) in [5, 5.41) is 10.2. The van der Waals surface area contributed by atoms with Gasteiger partial charge in [0.2, 0.25) is 5.95 Å². The minimum atomic E-state index is 0.226. The Morgan fingerprint density at radius 3 is 2.70 bits per heavy atom. The molecular formula is C20H23N5OS. The fourth-order valence-electron chi connectivity index (χ4n) is 3.14. The number of ether oxygens (including phenoxy) is 1. The summed E-state index contributed by atoms with van der Waals surface area (Å²) in [7, 11) is 0. The van der Waals surface area contributed by atoms with Gasteiger partial charge in [0.25, 0.3) is 0 Å². The minimum absolute atomic E-state index is 0.226. The largest absolute Gasteiger partial charge is 0.378 e. The molecule has 4 rings (SSSR count). The fraction of sp³-hybridized carbons (Fsp3) is 0.350. The average Bonchev–Trinajstić information content (AvgIpc) is 3.13. The maximum atomic E-state index is 5.50. The number of thioether (sulfide) groups is 1. The second-order valence-corrected chi connectivity index (χ2v) is 7.91. The predicted octanol–water partition coefficient (Wildman–Crippen LogP) is 3.66. The number of rotatable bonds is 5. The first kappa shape index (κ1) is 18.0. The summed E-state index contributed by atoms with van der Waals surface area (Å²) in [6, 6.07) is 12.5. The SMILES string of the molecule is Cc1cccc(-n2c(SC(C)c3cccnc3)nnc2N2CCOCC2)c1. The van der Waals surface area contributed by atoms with E-state index >= 15 is 0 Å². The topological polar surface area (TPSA) is 56.1 Å². The fourth-order valence-corrected chi connectivity index (χ4v) is 4.11. The molecule has 2 aromatic heterocycles. The van der Waals surface area contributed by atoms with Gasteiger partial charge in [-0.2, -0.15) is 0 Å². The zero-order chi connectivity index (χ0) is 18.6. The van der Waals surface area contributed by atoms with E-state index in [4.69, 9.17) is 4.74 Å². The van der Waals surface area contributed by atoms with Crippen LogP contribution < -0.4 is 4.90 Å². The number of hydrogen-bond donors (Lipinski definition) is 0. The van der Waals surface area contributed by atoms with Crippen LogP contribution in [0.2, 0.25) is 0 Å². The van der Waals surface area contributed by atoms with Gasteiger partial charge in [0.1, 0.15) is 0 Å². The molecule has 0 radical (unpaired) electrons. The molecule has 6 nitrogen and oxygen atoms in total. The monoisotopic (exact) mass is 381 g/mol. The van der Waals surface area contributed by atoms with Crippen LogP contribution in [0.4, 0.5) is 5.95 Å². The first-order valence-corrected chi connectivity index (χ1v) is 10.0. The average molecular weight is 382 g/mol. The smallest absolute Gasteiger partial charge is 0.232 e. The molecule has 3 heterocycles. The first-order valence-electron chi connectivity index (χ1n) is 9.14. The molecule has 0 aliphatic carbocycles. The minimum Gasteiger partial charge on any atom is -0.378 e. The Labute approximate surface area is 163 Å². The third-order valence-electron chi connectivity index (χ3n) is 4.61. The quantitative estimate of drug-likeness (QED) is 0.629. The second-order valence-electron chi connectivity index (χ2n) is 6.60. The highest BCUT2D eigenvalue weighted by atomic mass is 32.2. The Kier molecular flexibility index (Phi) is 5.40. The van der Waals surface area contributed by atoms with Gasteiger partial charge < -0.3 is 9.64 Å². The molecule has 140 valence electrons. The molecule has 27 heavy (non-hydrogen) atoms. The highest BCUT2D eigenvalue weighted by Gasteiger charge is 2.23. The van der Waals surface area contributed by atoms with Crippen LogP contribution in [0.5, 0.6) is 0 Å². The third kappa shape index (κ3) is 3.99. The Morgan fingerprint density at radius 2 is 1.96 bits per heavy atom. The highest BCUT2D eigenvalue weighted by Crippen LogP contribution is 2.36. The summed E-state index contributed by atoms with van der Waals surface area (Å²) >= 11 is 1.70. The Bertz CT molecular complexity index is 892. The van der Waals surface area contributed by atoms with Gasteiger partial charge in [0.15, 0.2) is 5.16 Å². The summed E-state index contributed by atoms with van der Waals surface area (Å²) in [6.45, 7) is 7.36. The van der Waals surface area contributed by atoms with Crippen molar-refractivity contribution in [3.63, 3.8) is 0 Å².